The van der Waals surface area contributed by atoms with E-state index in [9.17, 15) is 9.90 Å². The number of hydrogen-bond acceptors (Lipinski definition) is 6. The number of aromatic hydroxyl groups is 1. The van der Waals surface area contributed by atoms with Gasteiger partial charge in [-0.3, -0.25) is 4.90 Å². The minimum Gasteiger partial charge on any atom is -0.507 e. The third kappa shape index (κ3) is 4.54. The number of aryl methyl sites for hydroxylation is 1. The van der Waals surface area contributed by atoms with Gasteiger partial charge in [0.25, 0.3) is 0 Å². The molecule has 6 heteroatoms. The fraction of sp³-hybridized carbons (Fsp3) is 0.500. The fourth-order valence-corrected chi connectivity index (χ4v) is 2.45. The van der Waals surface area contributed by atoms with Crippen LogP contribution in [-0.2, 0) is 14.4 Å². The Morgan fingerprint density at radius 2 is 2.14 bits per heavy atom. The molecule has 0 atom stereocenters. The Hall–Kier alpha value is -1.92. The van der Waals surface area contributed by atoms with Crippen molar-refractivity contribution in [3.05, 3.63) is 29.3 Å². The van der Waals surface area contributed by atoms with Crippen molar-refractivity contribution in [1.82, 2.24) is 4.90 Å². The average molecular weight is 306 g/mol. The maximum atomic E-state index is 11.0. The van der Waals surface area contributed by atoms with E-state index >= 15 is 0 Å². The molecule has 1 aliphatic rings. The molecule has 1 aromatic carbocycles. The average Bonchev–Trinajstić information content (AvgIpc) is 2.50. The molecule has 0 aromatic heterocycles. The van der Waals surface area contributed by atoms with Gasteiger partial charge in [-0.1, -0.05) is 17.3 Å². The summed E-state index contributed by atoms with van der Waals surface area (Å²) >= 11 is 0. The number of hydrogen-bond donors (Lipinski definition) is 1. The minimum atomic E-state index is -0.475. The number of benzene rings is 1. The highest BCUT2D eigenvalue weighted by molar-refractivity contribution is 6.04. The summed E-state index contributed by atoms with van der Waals surface area (Å²) in [5.41, 5.74) is 2.11. The van der Waals surface area contributed by atoms with E-state index in [-0.39, 0.29) is 5.75 Å². The van der Waals surface area contributed by atoms with Crippen molar-refractivity contribution in [1.29, 1.82) is 0 Å². The highest BCUT2D eigenvalue weighted by atomic mass is 16.7. The second-order valence-electron chi connectivity index (χ2n) is 5.29. The van der Waals surface area contributed by atoms with Crippen LogP contribution < -0.4 is 0 Å². The van der Waals surface area contributed by atoms with Crippen molar-refractivity contribution in [3.8, 4) is 5.75 Å². The van der Waals surface area contributed by atoms with Crippen LogP contribution in [0.3, 0.4) is 0 Å². The summed E-state index contributed by atoms with van der Waals surface area (Å²) in [5.74, 6) is -0.329. The third-order valence-corrected chi connectivity index (χ3v) is 3.59. The van der Waals surface area contributed by atoms with Crippen LogP contribution in [0.25, 0.3) is 0 Å². The molecule has 0 bridgehead atoms. The molecule has 0 saturated carbocycles. The first-order valence-corrected chi connectivity index (χ1v) is 7.41. The molecule has 0 radical (unpaired) electrons. The standard InChI is InChI=1S/C16H22N2O4/c1-12-4-3-5-15(20)16(12)14(17-22-13(2)19)6-7-18-8-10-21-11-9-18/h3-5,20H,6-11H2,1-2H3/b17-14-. The summed E-state index contributed by atoms with van der Waals surface area (Å²) < 4.78 is 5.33. The van der Waals surface area contributed by atoms with E-state index in [2.05, 4.69) is 10.1 Å². The van der Waals surface area contributed by atoms with Crippen molar-refractivity contribution < 1.29 is 19.5 Å². The summed E-state index contributed by atoms with van der Waals surface area (Å²) in [6.07, 6.45) is 0.589. The number of morpholine rings is 1. The van der Waals surface area contributed by atoms with Crippen molar-refractivity contribution in [2.75, 3.05) is 32.8 Å². The summed E-state index contributed by atoms with van der Waals surface area (Å²) in [5, 5.41) is 14.1. The molecule has 22 heavy (non-hydrogen) atoms. The van der Waals surface area contributed by atoms with E-state index in [1.54, 1.807) is 12.1 Å². The molecular weight excluding hydrogens is 284 g/mol. The van der Waals surface area contributed by atoms with Crippen LogP contribution in [0, 0.1) is 6.92 Å². The van der Waals surface area contributed by atoms with Gasteiger partial charge < -0.3 is 14.7 Å². The summed E-state index contributed by atoms with van der Waals surface area (Å²) in [6.45, 7) is 7.18. The van der Waals surface area contributed by atoms with E-state index in [1.165, 1.54) is 6.92 Å². The lowest BCUT2D eigenvalue weighted by Gasteiger charge is -2.26. The molecule has 0 amide bonds. The van der Waals surface area contributed by atoms with Gasteiger partial charge in [-0.2, -0.15) is 0 Å². The Labute approximate surface area is 130 Å². The monoisotopic (exact) mass is 306 g/mol. The second kappa shape index (κ2) is 7.91. The highest BCUT2D eigenvalue weighted by Gasteiger charge is 2.16. The Morgan fingerprint density at radius 1 is 1.41 bits per heavy atom. The lowest BCUT2D eigenvalue weighted by Crippen LogP contribution is -2.37. The number of carbonyl (C=O) groups excluding carboxylic acids is 1. The third-order valence-electron chi connectivity index (χ3n) is 3.59. The Bertz CT molecular complexity index is 531. The zero-order chi connectivity index (χ0) is 15.9. The molecule has 120 valence electrons. The van der Waals surface area contributed by atoms with Crippen molar-refractivity contribution in [2.45, 2.75) is 20.3 Å². The topological polar surface area (TPSA) is 71.4 Å². The number of phenols is 1. The van der Waals surface area contributed by atoms with Gasteiger partial charge in [-0.05, 0) is 18.6 Å². The summed E-state index contributed by atoms with van der Waals surface area (Å²) in [6, 6.07) is 5.28. The van der Waals surface area contributed by atoms with Crippen LogP contribution in [0.15, 0.2) is 23.4 Å². The quantitative estimate of drug-likeness (QED) is 0.509. The molecule has 1 heterocycles. The number of oxime groups is 1. The predicted molar refractivity (Wildman–Crippen MR) is 83.0 cm³/mol. The van der Waals surface area contributed by atoms with Gasteiger partial charge in [-0.25, -0.2) is 4.79 Å². The molecule has 0 aliphatic carbocycles. The van der Waals surface area contributed by atoms with Gasteiger partial charge in [0.15, 0.2) is 0 Å². The van der Waals surface area contributed by atoms with Gasteiger partial charge in [-0.15, -0.1) is 0 Å². The maximum Gasteiger partial charge on any atom is 0.331 e. The van der Waals surface area contributed by atoms with Crippen LogP contribution in [0.1, 0.15) is 24.5 Å². The van der Waals surface area contributed by atoms with E-state index in [4.69, 9.17) is 9.57 Å². The number of rotatable bonds is 5. The highest BCUT2D eigenvalue weighted by Crippen LogP contribution is 2.23. The number of carbonyl (C=O) groups is 1. The number of phenolic OH excluding ortho intramolecular Hbond substituents is 1. The number of ether oxygens (including phenoxy) is 1. The van der Waals surface area contributed by atoms with Crippen LogP contribution in [0.5, 0.6) is 5.75 Å². The molecule has 2 rings (SSSR count). The summed E-state index contributed by atoms with van der Waals surface area (Å²) in [4.78, 5) is 18.1. The van der Waals surface area contributed by atoms with Gasteiger partial charge in [0.1, 0.15) is 5.75 Å². The van der Waals surface area contributed by atoms with Crippen LogP contribution in [-0.4, -0.2) is 54.5 Å². The zero-order valence-corrected chi connectivity index (χ0v) is 13.0. The first-order valence-electron chi connectivity index (χ1n) is 7.41. The molecule has 1 N–H and O–H groups in total. The Balaban J connectivity index is 2.15. The first-order chi connectivity index (χ1) is 10.6. The second-order valence-corrected chi connectivity index (χ2v) is 5.29. The summed E-state index contributed by atoms with van der Waals surface area (Å²) in [7, 11) is 0. The van der Waals surface area contributed by atoms with Gasteiger partial charge >= 0.3 is 5.97 Å². The van der Waals surface area contributed by atoms with E-state index in [0.29, 0.717) is 17.7 Å². The maximum absolute atomic E-state index is 11.0. The normalized spacial score (nSPS) is 16.5. The fourth-order valence-electron chi connectivity index (χ4n) is 2.45. The molecule has 0 spiro atoms. The van der Waals surface area contributed by atoms with E-state index in [0.717, 1.165) is 38.4 Å². The SMILES string of the molecule is CC(=O)O/N=C(/CCN1CCOCC1)c1c(C)cccc1O. The minimum absolute atomic E-state index is 0.146. The van der Waals surface area contributed by atoms with Gasteiger partial charge in [0.2, 0.25) is 0 Å². The van der Waals surface area contributed by atoms with Gasteiger partial charge in [0.05, 0.1) is 18.9 Å². The zero-order valence-electron chi connectivity index (χ0n) is 13.0. The van der Waals surface area contributed by atoms with E-state index < -0.39 is 5.97 Å². The molecule has 1 saturated heterocycles. The lowest BCUT2D eigenvalue weighted by molar-refractivity contribution is -0.140. The predicted octanol–water partition coefficient (Wildman–Crippen LogP) is 1.69. The molecular formula is C16H22N2O4. The van der Waals surface area contributed by atoms with Crippen LogP contribution >= 0.6 is 0 Å². The van der Waals surface area contributed by atoms with Gasteiger partial charge in [0, 0.05) is 38.5 Å². The first kappa shape index (κ1) is 16.5. The smallest absolute Gasteiger partial charge is 0.331 e. The van der Waals surface area contributed by atoms with Crippen molar-refractivity contribution in [2.24, 2.45) is 5.16 Å². The van der Waals surface area contributed by atoms with E-state index in [1.807, 2.05) is 13.0 Å². The Kier molecular flexibility index (Phi) is 5.91. The molecule has 1 aromatic rings. The molecule has 0 unspecified atom stereocenters. The molecule has 6 nitrogen and oxygen atoms in total. The van der Waals surface area contributed by atoms with Crippen molar-refractivity contribution >= 4 is 11.7 Å². The molecule has 1 aliphatic heterocycles. The van der Waals surface area contributed by atoms with Crippen molar-refractivity contribution in [3.63, 3.8) is 0 Å². The number of nitrogens with zero attached hydrogens (tertiary/aromatic N) is 2. The van der Waals surface area contributed by atoms with Crippen LogP contribution in [0.2, 0.25) is 0 Å². The lowest BCUT2D eigenvalue weighted by atomic mass is 10.0. The molecule has 1 fully saturated rings. The largest absolute Gasteiger partial charge is 0.507 e. The van der Waals surface area contributed by atoms with Crippen LogP contribution in [0.4, 0.5) is 0 Å². The Morgan fingerprint density at radius 3 is 2.77 bits per heavy atom.